The zero-order valence-electron chi connectivity index (χ0n) is 14.2. The van der Waals surface area contributed by atoms with Crippen molar-refractivity contribution in [3.05, 3.63) is 54.4 Å². The van der Waals surface area contributed by atoms with Gasteiger partial charge >= 0.3 is 0 Å². The van der Waals surface area contributed by atoms with Crippen LogP contribution in [-0.2, 0) is 10.0 Å². The van der Waals surface area contributed by atoms with Crippen LogP contribution in [0.15, 0.2) is 53.7 Å². The predicted molar refractivity (Wildman–Crippen MR) is 102 cm³/mol. The second-order valence-corrected chi connectivity index (χ2v) is 7.87. The van der Waals surface area contributed by atoms with E-state index >= 15 is 0 Å². The third kappa shape index (κ3) is 2.79. The number of aromatic nitrogens is 3. The Morgan fingerprint density at radius 2 is 1.92 bits per heavy atom. The molecule has 2 aromatic carbocycles. The van der Waals surface area contributed by atoms with Crippen LogP contribution in [0.1, 0.15) is 5.56 Å². The number of nitrogens with one attached hydrogen (secondary N) is 3. The lowest BCUT2D eigenvalue weighted by Gasteiger charge is -2.09. The van der Waals surface area contributed by atoms with Crippen LogP contribution in [0.4, 0.5) is 11.5 Å². The fourth-order valence-electron chi connectivity index (χ4n) is 2.93. The Kier molecular flexibility index (Phi) is 3.86. The Labute approximate surface area is 150 Å². The number of aryl methyl sites for hydroxylation is 1. The molecule has 7 nitrogen and oxygen atoms in total. The molecular weight excluding hydrogens is 350 g/mol. The number of benzene rings is 2. The lowest BCUT2D eigenvalue weighted by atomic mass is 10.1. The molecule has 2 heterocycles. The maximum Gasteiger partial charge on any atom is 0.240 e. The van der Waals surface area contributed by atoms with Crippen LogP contribution in [-0.4, -0.2) is 30.4 Å². The zero-order valence-corrected chi connectivity index (χ0v) is 15.1. The lowest BCUT2D eigenvalue weighted by Crippen LogP contribution is -2.18. The lowest BCUT2D eigenvalue weighted by molar-refractivity contribution is 0.588. The van der Waals surface area contributed by atoms with Crippen LogP contribution in [0.2, 0.25) is 0 Å². The Hall–Kier alpha value is -2.97. The predicted octanol–water partition coefficient (Wildman–Crippen LogP) is 3.07. The van der Waals surface area contributed by atoms with E-state index in [0.29, 0.717) is 11.5 Å². The standard InChI is InChI=1S/C18H17N5O2S/c1-11-6-7-14-15(8-11)23-18-16(14)17(20-10-21-18)22-12-4-3-5-13(9-12)26(24,25)19-2/h3-10,19H,1-2H3,(H2,20,21,22,23). The summed E-state index contributed by atoms with van der Waals surface area (Å²) in [5, 5.41) is 5.09. The summed E-state index contributed by atoms with van der Waals surface area (Å²) < 4.78 is 26.3. The molecule has 0 saturated carbocycles. The molecule has 132 valence electrons. The number of nitrogens with zero attached hydrogens (tertiary/aromatic N) is 2. The topological polar surface area (TPSA) is 99.8 Å². The van der Waals surface area contributed by atoms with Crippen molar-refractivity contribution < 1.29 is 8.42 Å². The van der Waals surface area contributed by atoms with Crippen LogP contribution >= 0.6 is 0 Å². The molecule has 3 N–H and O–H groups in total. The summed E-state index contributed by atoms with van der Waals surface area (Å²) >= 11 is 0. The molecule has 0 spiro atoms. The Balaban J connectivity index is 1.83. The fourth-order valence-corrected chi connectivity index (χ4v) is 3.71. The van der Waals surface area contributed by atoms with Gasteiger partial charge in [0.2, 0.25) is 10.0 Å². The van der Waals surface area contributed by atoms with E-state index in [1.165, 1.54) is 13.4 Å². The molecular formula is C18H17N5O2S. The Bertz CT molecular complexity index is 1230. The smallest absolute Gasteiger partial charge is 0.240 e. The average molecular weight is 367 g/mol. The molecule has 0 aliphatic rings. The van der Waals surface area contributed by atoms with Crippen molar-refractivity contribution in [3.8, 4) is 0 Å². The van der Waals surface area contributed by atoms with Gasteiger partial charge in [-0.3, -0.25) is 0 Å². The highest BCUT2D eigenvalue weighted by atomic mass is 32.2. The summed E-state index contributed by atoms with van der Waals surface area (Å²) in [6.07, 6.45) is 1.47. The summed E-state index contributed by atoms with van der Waals surface area (Å²) in [6.45, 7) is 2.03. The second kappa shape index (κ2) is 6.08. The van der Waals surface area contributed by atoms with Gasteiger partial charge in [0.25, 0.3) is 0 Å². The van der Waals surface area contributed by atoms with Crippen molar-refractivity contribution in [1.82, 2.24) is 19.7 Å². The van der Waals surface area contributed by atoms with Gasteiger partial charge < -0.3 is 10.3 Å². The van der Waals surface area contributed by atoms with Gasteiger partial charge in [-0.05, 0) is 43.8 Å². The number of sulfonamides is 1. The molecule has 0 amide bonds. The first-order chi connectivity index (χ1) is 12.5. The first-order valence-corrected chi connectivity index (χ1v) is 9.50. The molecule has 2 aromatic heterocycles. The van der Waals surface area contributed by atoms with Crippen LogP contribution in [0, 0.1) is 6.92 Å². The molecule has 0 fully saturated rings. The minimum Gasteiger partial charge on any atom is -0.340 e. The summed E-state index contributed by atoms with van der Waals surface area (Å²) in [5.41, 5.74) is 3.48. The Morgan fingerprint density at radius 3 is 2.73 bits per heavy atom. The molecule has 4 aromatic rings. The molecule has 0 atom stereocenters. The van der Waals surface area contributed by atoms with Crippen LogP contribution in [0.25, 0.3) is 21.9 Å². The van der Waals surface area contributed by atoms with Gasteiger partial charge in [0, 0.05) is 16.6 Å². The fraction of sp³-hybridized carbons (Fsp3) is 0.111. The van der Waals surface area contributed by atoms with E-state index < -0.39 is 10.0 Å². The highest BCUT2D eigenvalue weighted by molar-refractivity contribution is 7.89. The molecule has 4 rings (SSSR count). The van der Waals surface area contributed by atoms with Gasteiger partial charge in [-0.1, -0.05) is 18.2 Å². The van der Waals surface area contributed by atoms with Crippen molar-refractivity contribution in [3.63, 3.8) is 0 Å². The van der Waals surface area contributed by atoms with Gasteiger partial charge in [0.15, 0.2) is 0 Å². The number of fused-ring (bicyclic) bond motifs is 3. The first kappa shape index (κ1) is 16.5. The van der Waals surface area contributed by atoms with Gasteiger partial charge in [-0.2, -0.15) is 0 Å². The number of hydrogen-bond acceptors (Lipinski definition) is 5. The monoisotopic (exact) mass is 367 g/mol. The van der Waals surface area contributed by atoms with Crippen LogP contribution in [0.3, 0.4) is 0 Å². The minimum atomic E-state index is -3.51. The number of rotatable bonds is 4. The first-order valence-electron chi connectivity index (χ1n) is 8.01. The third-order valence-electron chi connectivity index (χ3n) is 4.22. The number of H-pyrrole nitrogens is 1. The van der Waals surface area contributed by atoms with E-state index in [9.17, 15) is 8.42 Å². The highest BCUT2D eigenvalue weighted by Crippen LogP contribution is 2.31. The molecule has 8 heteroatoms. The number of aromatic amines is 1. The van der Waals surface area contributed by atoms with Crippen molar-refractivity contribution in [2.24, 2.45) is 0 Å². The van der Waals surface area contributed by atoms with Gasteiger partial charge in [-0.15, -0.1) is 0 Å². The van der Waals surface area contributed by atoms with E-state index in [1.54, 1.807) is 24.3 Å². The van der Waals surface area contributed by atoms with E-state index in [4.69, 9.17) is 0 Å². The van der Waals surface area contributed by atoms with E-state index in [0.717, 1.165) is 27.5 Å². The minimum absolute atomic E-state index is 0.185. The van der Waals surface area contributed by atoms with Crippen molar-refractivity contribution >= 4 is 43.5 Å². The summed E-state index contributed by atoms with van der Waals surface area (Å²) in [7, 11) is -2.13. The summed E-state index contributed by atoms with van der Waals surface area (Å²) in [4.78, 5) is 12.1. The maximum absolute atomic E-state index is 12.0. The largest absolute Gasteiger partial charge is 0.340 e. The molecule has 0 aliphatic carbocycles. The SMILES string of the molecule is CNS(=O)(=O)c1cccc(Nc2ncnc3[nH]c4cc(C)ccc4c23)c1. The van der Waals surface area contributed by atoms with Crippen LogP contribution < -0.4 is 10.0 Å². The molecule has 0 aliphatic heterocycles. The van der Waals surface area contributed by atoms with Gasteiger partial charge in [-0.25, -0.2) is 23.1 Å². The molecule has 0 bridgehead atoms. The average Bonchev–Trinajstić information content (AvgIpc) is 3.00. The maximum atomic E-state index is 12.0. The van der Waals surface area contributed by atoms with Gasteiger partial charge in [0.05, 0.1) is 10.3 Å². The molecule has 0 unspecified atom stereocenters. The van der Waals surface area contributed by atoms with Crippen molar-refractivity contribution in [2.45, 2.75) is 11.8 Å². The highest BCUT2D eigenvalue weighted by Gasteiger charge is 2.14. The third-order valence-corrected chi connectivity index (χ3v) is 5.63. The van der Waals surface area contributed by atoms with E-state index in [2.05, 4.69) is 31.1 Å². The van der Waals surface area contributed by atoms with E-state index in [1.807, 2.05) is 19.1 Å². The molecule has 0 radical (unpaired) electrons. The zero-order chi connectivity index (χ0) is 18.3. The second-order valence-electron chi connectivity index (χ2n) is 5.98. The van der Waals surface area contributed by atoms with Crippen molar-refractivity contribution in [2.75, 3.05) is 12.4 Å². The van der Waals surface area contributed by atoms with E-state index in [-0.39, 0.29) is 4.90 Å². The van der Waals surface area contributed by atoms with Gasteiger partial charge in [0.1, 0.15) is 17.8 Å². The quantitative estimate of drug-likeness (QED) is 0.515. The summed E-state index contributed by atoms with van der Waals surface area (Å²) in [6, 6.07) is 12.7. The molecule has 26 heavy (non-hydrogen) atoms. The van der Waals surface area contributed by atoms with Crippen LogP contribution in [0.5, 0.6) is 0 Å². The number of anilines is 2. The van der Waals surface area contributed by atoms with Crippen molar-refractivity contribution in [1.29, 1.82) is 0 Å². The Morgan fingerprint density at radius 1 is 1.08 bits per heavy atom. The normalized spacial score (nSPS) is 11.9. The summed E-state index contributed by atoms with van der Waals surface area (Å²) in [5.74, 6) is 0.615. The number of hydrogen-bond donors (Lipinski definition) is 3. The molecule has 0 saturated heterocycles.